The number of fused-ring (bicyclic) bond motifs is 3. The number of nitrogens with one attached hydrogen (secondary N) is 2. The number of alkyl carbamates (subject to hydrolysis) is 1. The van der Waals surface area contributed by atoms with Gasteiger partial charge in [-0.05, 0) is 59.5 Å². The molecule has 35 heavy (non-hydrogen) atoms. The molecule has 1 aromatic heterocycles. The fourth-order valence-electron chi connectivity index (χ4n) is 4.97. The van der Waals surface area contributed by atoms with Gasteiger partial charge in [-0.1, -0.05) is 48.5 Å². The van der Waals surface area contributed by atoms with E-state index < -0.39 is 12.1 Å². The van der Waals surface area contributed by atoms with Gasteiger partial charge in [0.1, 0.15) is 17.2 Å². The summed E-state index contributed by atoms with van der Waals surface area (Å²) in [5.74, 6) is -1.23. The van der Waals surface area contributed by atoms with Crippen LogP contribution in [0.3, 0.4) is 0 Å². The lowest BCUT2D eigenvalue weighted by molar-refractivity contribution is -0.117. The molecule has 0 unspecified atom stereocenters. The number of carbonyl (C=O) groups is 3. The van der Waals surface area contributed by atoms with Gasteiger partial charge in [0.15, 0.2) is 0 Å². The Labute approximate surface area is 206 Å². The third-order valence-corrected chi connectivity index (χ3v) is 7.56. The van der Waals surface area contributed by atoms with Gasteiger partial charge < -0.3 is 20.5 Å². The molecule has 0 bridgehead atoms. The maximum absolute atomic E-state index is 12.4. The highest BCUT2D eigenvalue weighted by Gasteiger charge is 2.34. The highest BCUT2D eigenvalue weighted by Crippen LogP contribution is 2.44. The predicted octanol–water partition coefficient (Wildman–Crippen LogP) is 4.80. The fraction of sp³-hybridized carbons (Fsp3) is 0.308. The van der Waals surface area contributed by atoms with Crippen LogP contribution in [0.25, 0.3) is 11.1 Å². The number of amides is 2. The molecule has 9 heteroatoms. The molecule has 2 aromatic carbocycles. The molecule has 0 saturated heterocycles. The van der Waals surface area contributed by atoms with Crippen LogP contribution < -0.4 is 10.6 Å². The Hall–Kier alpha value is -3.72. The van der Waals surface area contributed by atoms with Gasteiger partial charge in [-0.2, -0.15) is 4.37 Å². The quantitative estimate of drug-likeness (QED) is 0.437. The first kappa shape index (κ1) is 23.0. The van der Waals surface area contributed by atoms with E-state index in [9.17, 15) is 19.5 Å². The SMILES string of the molecule is Cc1nsc(NC(=O)CC2CC(NC(=O)OCC3c4ccccc4-c4ccccc43)C2)c1C(=O)O. The van der Waals surface area contributed by atoms with Crippen molar-refractivity contribution in [3.8, 4) is 11.1 Å². The van der Waals surface area contributed by atoms with Crippen LogP contribution >= 0.6 is 11.5 Å². The molecule has 8 nitrogen and oxygen atoms in total. The minimum absolute atomic E-state index is 0.0112. The summed E-state index contributed by atoms with van der Waals surface area (Å²) < 4.78 is 9.59. The van der Waals surface area contributed by atoms with Crippen molar-refractivity contribution < 1.29 is 24.2 Å². The number of carboxylic acids is 1. The first-order valence-electron chi connectivity index (χ1n) is 11.5. The van der Waals surface area contributed by atoms with E-state index in [1.807, 2.05) is 24.3 Å². The zero-order valence-electron chi connectivity index (χ0n) is 19.1. The van der Waals surface area contributed by atoms with Crippen molar-refractivity contribution in [3.63, 3.8) is 0 Å². The molecule has 0 spiro atoms. The molecular formula is C26H25N3O5S. The van der Waals surface area contributed by atoms with Crippen LogP contribution in [0.4, 0.5) is 9.80 Å². The van der Waals surface area contributed by atoms with Crippen LogP contribution in [0.2, 0.25) is 0 Å². The van der Waals surface area contributed by atoms with Gasteiger partial charge in [0.2, 0.25) is 5.91 Å². The number of carboxylic acid groups (broad SMARTS) is 1. The molecular weight excluding hydrogens is 466 g/mol. The number of anilines is 1. The van der Waals surface area contributed by atoms with E-state index in [4.69, 9.17) is 4.74 Å². The number of rotatable bonds is 7. The Morgan fingerprint density at radius 3 is 2.31 bits per heavy atom. The topological polar surface area (TPSA) is 118 Å². The van der Waals surface area contributed by atoms with Gasteiger partial charge in [0, 0.05) is 18.4 Å². The minimum Gasteiger partial charge on any atom is -0.478 e. The van der Waals surface area contributed by atoms with E-state index in [2.05, 4.69) is 39.3 Å². The highest BCUT2D eigenvalue weighted by atomic mass is 32.1. The van der Waals surface area contributed by atoms with Crippen molar-refractivity contribution in [2.45, 2.75) is 38.1 Å². The first-order valence-corrected chi connectivity index (χ1v) is 12.3. The van der Waals surface area contributed by atoms with Crippen molar-refractivity contribution in [3.05, 3.63) is 70.9 Å². The summed E-state index contributed by atoms with van der Waals surface area (Å²) in [5.41, 5.74) is 5.11. The van der Waals surface area contributed by atoms with Gasteiger partial charge in [0.05, 0.1) is 5.69 Å². The third-order valence-electron chi connectivity index (χ3n) is 6.70. The Morgan fingerprint density at radius 1 is 1.06 bits per heavy atom. The summed E-state index contributed by atoms with van der Waals surface area (Å²) in [4.78, 5) is 36.1. The van der Waals surface area contributed by atoms with Gasteiger partial charge in [0.25, 0.3) is 0 Å². The Morgan fingerprint density at radius 2 is 1.69 bits per heavy atom. The van der Waals surface area contributed by atoms with E-state index in [0.717, 1.165) is 11.5 Å². The smallest absolute Gasteiger partial charge is 0.407 e. The molecule has 1 saturated carbocycles. The number of ether oxygens (including phenoxy) is 1. The minimum atomic E-state index is -1.11. The van der Waals surface area contributed by atoms with E-state index in [0.29, 0.717) is 18.5 Å². The van der Waals surface area contributed by atoms with Gasteiger partial charge in [-0.25, -0.2) is 9.59 Å². The number of aryl methyl sites for hydroxylation is 1. The normalized spacial score (nSPS) is 18.2. The van der Waals surface area contributed by atoms with E-state index in [1.54, 1.807) is 6.92 Å². The van der Waals surface area contributed by atoms with Crippen LogP contribution in [-0.2, 0) is 9.53 Å². The maximum Gasteiger partial charge on any atom is 0.407 e. The second-order valence-electron chi connectivity index (χ2n) is 9.03. The molecule has 2 aliphatic rings. The van der Waals surface area contributed by atoms with Crippen LogP contribution in [0, 0.1) is 12.8 Å². The second kappa shape index (κ2) is 9.50. The van der Waals surface area contributed by atoms with Crippen molar-refractivity contribution in [2.24, 2.45) is 5.92 Å². The molecule has 0 atom stereocenters. The van der Waals surface area contributed by atoms with Crippen LogP contribution in [0.1, 0.15) is 52.4 Å². The average molecular weight is 492 g/mol. The zero-order valence-corrected chi connectivity index (χ0v) is 19.9. The summed E-state index contributed by atoms with van der Waals surface area (Å²) in [6.07, 6.45) is 1.15. The maximum atomic E-state index is 12.4. The van der Waals surface area contributed by atoms with Gasteiger partial charge >= 0.3 is 12.1 Å². The molecule has 5 rings (SSSR count). The molecule has 1 heterocycles. The number of hydrogen-bond acceptors (Lipinski definition) is 6. The number of nitrogens with zero attached hydrogens (tertiary/aromatic N) is 1. The van der Waals surface area contributed by atoms with Crippen LogP contribution in [-0.4, -0.2) is 40.1 Å². The van der Waals surface area contributed by atoms with Crippen molar-refractivity contribution in [1.82, 2.24) is 9.69 Å². The van der Waals surface area contributed by atoms with Crippen molar-refractivity contribution >= 4 is 34.5 Å². The number of benzene rings is 2. The molecule has 0 radical (unpaired) electrons. The zero-order chi connectivity index (χ0) is 24.5. The lowest BCUT2D eigenvalue weighted by Gasteiger charge is -2.35. The lowest BCUT2D eigenvalue weighted by atomic mass is 9.78. The monoisotopic (exact) mass is 491 g/mol. The number of aromatic nitrogens is 1. The highest BCUT2D eigenvalue weighted by molar-refractivity contribution is 7.11. The standard InChI is InChI=1S/C26H25N3O5S/c1-14-23(25(31)32)24(35-29-14)28-22(30)12-15-10-16(11-15)27-26(33)34-13-21-19-8-4-2-6-17(19)18-7-3-5-9-20(18)21/h2-9,15-16,21H,10-13H2,1H3,(H,27,33)(H,28,30)(H,31,32). The van der Waals surface area contributed by atoms with E-state index >= 15 is 0 Å². The molecule has 3 aromatic rings. The predicted molar refractivity (Wildman–Crippen MR) is 132 cm³/mol. The molecule has 2 aliphatic carbocycles. The van der Waals surface area contributed by atoms with Crippen molar-refractivity contribution in [1.29, 1.82) is 0 Å². The summed E-state index contributed by atoms with van der Waals surface area (Å²) >= 11 is 0.966. The fourth-order valence-corrected chi connectivity index (χ4v) is 5.78. The molecule has 2 amide bonds. The molecule has 3 N–H and O–H groups in total. The van der Waals surface area contributed by atoms with Crippen LogP contribution in [0.5, 0.6) is 0 Å². The lowest BCUT2D eigenvalue weighted by Crippen LogP contribution is -2.45. The Balaban J connectivity index is 1.08. The molecule has 1 fully saturated rings. The third kappa shape index (κ3) is 4.64. The van der Waals surface area contributed by atoms with Gasteiger partial charge in [-0.15, -0.1) is 0 Å². The molecule has 180 valence electrons. The molecule has 0 aliphatic heterocycles. The van der Waals surface area contributed by atoms with Gasteiger partial charge in [-0.3, -0.25) is 4.79 Å². The average Bonchev–Trinajstić information content (AvgIpc) is 3.33. The Kier molecular flexibility index (Phi) is 6.25. The second-order valence-corrected chi connectivity index (χ2v) is 9.81. The van der Waals surface area contributed by atoms with E-state index in [1.165, 1.54) is 22.3 Å². The number of carbonyl (C=O) groups excluding carboxylic acids is 2. The number of hydrogen-bond donors (Lipinski definition) is 3. The van der Waals surface area contributed by atoms with Crippen molar-refractivity contribution in [2.75, 3.05) is 11.9 Å². The Bertz CT molecular complexity index is 1250. The number of aromatic carboxylic acids is 1. The summed E-state index contributed by atoms with van der Waals surface area (Å²) in [6.45, 7) is 1.86. The van der Waals surface area contributed by atoms with E-state index in [-0.39, 0.29) is 47.4 Å². The van der Waals surface area contributed by atoms with Crippen LogP contribution in [0.15, 0.2) is 48.5 Å². The largest absolute Gasteiger partial charge is 0.478 e. The summed E-state index contributed by atoms with van der Waals surface area (Å²) in [7, 11) is 0. The summed E-state index contributed by atoms with van der Waals surface area (Å²) in [6, 6.07) is 16.3. The first-order chi connectivity index (χ1) is 16.9. The summed E-state index contributed by atoms with van der Waals surface area (Å²) in [5, 5.41) is 15.1.